The van der Waals surface area contributed by atoms with Gasteiger partial charge in [-0.3, -0.25) is 0 Å². The highest BCUT2D eigenvalue weighted by Gasteiger charge is 2.26. The zero-order valence-electron chi connectivity index (χ0n) is 6.70. The SMILES string of the molecule is Pc1c2c(cc3c1OCO3)OCO2. The summed E-state index contributed by atoms with van der Waals surface area (Å²) in [5.41, 5.74) is 0. The van der Waals surface area contributed by atoms with E-state index in [0.717, 1.165) is 16.8 Å². The van der Waals surface area contributed by atoms with Crippen LogP contribution >= 0.6 is 9.24 Å². The van der Waals surface area contributed by atoms with Gasteiger partial charge < -0.3 is 18.9 Å². The Balaban J connectivity index is 2.26. The van der Waals surface area contributed by atoms with E-state index in [1.165, 1.54) is 0 Å². The summed E-state index contributed by atoms with van der Waals surface area (Å²) in [5.74, 6) is 2.90. The molecule has 13 heavy (non-hydrogen) atoms. The van der Waals surface area contributed by atoms with Crippen LogP contribution in [0.3, 0.4) is 0 Å². The van der Waals surface area contributed by atoms with Crippen LogP contribution in [0.4, 0.5) is 0 Å². The van der Waals surface area contributed by atoms with Gasteiger partial charge in [0.25, 0.3) is 0 Å². The highest BCUT2D eigenvalue weighted by molar-refractivity contribution is 7.28. The van der Waals surface area contributed by atoms with Crippen molar-refractivity contribution in [3.05, 3.63) is 6.07 Å². The van der Waals surface area contributed by atoms with Crippen LogP contribution in [-0.4, -0.2) is 13.6 Å². The van der Waals surface area contributed by atoms with Crippen molar-refractivity contribution in [1.82, 2.24) is 0 Å². The van der Waals surface area contributed by atoms with E-state index in [2.05, 4.69) is 9.24 Å². The molecule has 2 aliphatic heterocycles. The Morgan fingerprint density at radius 2 is 1.46 bits per heavy atom. The highest BCUT2D eigenvalue weighted by Crippen LogP contribution is 2.43. The predicted octanol–water partition coefficient (Wildman–Crippen LogP) is 0.644. The lowest BCUT2D eigenvalue weighted by Gasteiger charge is -2.03. The Morgan fingerprint density at radius 3 is 2.00 bits per heavy atom. The van der Waals surface area contributed by atoms with E-state index in [-0.39, 0.29) is 13.6 Å². The largest absolute Gasteiger partial charge is 0.453 e. The van der Waals surface area contributed by atoms with Crippen LogP contribution in [0.25, 0.3) is 0 Å². The van der Waals surface area contributed by atoms with Crippen LogP contribution in [0.5, 0.6) is 23.0 Å². The molecule has 0 aliphatic carbocycles. The molecule has 0 aromatic heterocycles. The van der Waals surface area contributed by atoms with E-state index < -0.39 is 0 Å². The first kappa shape index (κ1) is 7.27. The third-order valence-electron chi connectivity index (χ3n) is 2.03. The molecule has 68 valence electrons. The Labute approximate surface area is 76.9 Å². The molecule has 0 amide bonds. The lowest BCUT2D eigenvalue weighted by Crippen LogP contribution is -2.01. The maximum Gasteiger partial charge on any atom is 0.231 e. The van der Waals surface area contributed by atoms with Gasteiger partial charge in [0, 0.05) is 6.07 Å². The molecule has 0 saturated heterocycles. The van der Waals surface area contributed by atoms with Gasteiger partial charge >= 0.3 is 0 Å². The molecule has 5 heteroatoms. The van der Waals surface area contributed by atoms with Crippen molar-refractivity contribution < 1.29 is 18.9 Å². The molecule has 0 radical (unpaired) electrons. The summed E-state index contributed by atoms with van der Waals surface area (Å²) in [6.07, 6.45) is 0. The Kier molecular flexibility index (Phi) is 1.35. The Hall–Kier alpha value is -1.15. The van der Waals surface area contributed by atoms with Gasteiger partial charge in [-0.1, -0.05) is 9.24 Å². The minimum atomic E-state index is 0.264. The Morgan fingerprint density at radius 1 is 0.923 bits per heavy atom. The first-order chi connectivity index (χ1) is 6.36. The molecule has 2 aliphatic rings. The molecule has 0 fully saturated rings. The molecule has 0 spiro atoms. The summed E-state index contributed by atoms with van der Waals surface area (Å²) in [5, 5.41) is 0.863. The number of ether oxygens (including phenoxy) is 4. The van der Waals surface area contributed by atoms with E-state index in [0.29, 0.717) is 11.5 Å². The maximum absolute atomic E-state index is 5.28. The molecule has 1 atom stereocenters. The molecule has 1 aromatic rings. The molecule has 0 saturated carbocycles. The topological polar surface area (TPSA) is 36.9 Å². The van der Waals surface area contributed by atoms with Crippen molar-refractivity contribution in [2.24, 2.45) is 0 Å². The van der Waals surface area contributed by atoms with E-state index in [1.807, 2.05) is 0 Å². The highest BCUT2D eigenvalue weighted by atomic mass is 31.0. The van der Waals surface area contributed by atoms with Crippen molar-refractivity contribution >= 4 is 14.5 Å². The molecular weight excluding hydrogens is 191 g/mol. The zero-order valence-corrected chi connectivity index (χ0v) is 7.86. The average Bonchev–Trinajstić information content (AvgIpc) is 2.71. The zero-order chi connectivity index (χ0) is 8.84. The second-order valence-corrected chi connectivity index (χ2v) is 3.34. The average molecular weight is 198 g/mol. The third-order valence-corrected chi connectivity index (χ3v) is 2.56. The minimum Gasteiger partial charge on any atom is -0.453 e. The quantitative estimate of drug-likeness (QED) is 0.573. The lowest BCUT2D eigenvalue weighted by molar-refractivity contribution is 0.167. The summed E-state index contributed by atoms with van der Waals surface area (Å²) in [7, 11) is 2.57. The number of fused-ring (bicyclic) bond motifs is 2. The molecule has 0 bridgehead atoms. The normalized spacial score (nSPS) is 16.4. The molecule has 0 N–H and O–H groups in total. The molecule has 2 heterocycles. The van der Waals surface area contributed by atoms with Crippen molar-refractivity contribution in [3.8, 4) is 23.0 Å². The van der Waals surface area contributed by atoms with E-state index in [4.69, 9.17) is 18.9 Å². The van der Waals surface area contributed by atoms with Gasteiger partial charge in [-0.15, -0.1) is 0 Å². The number of rotatable bonds is 0. The Bertz CT molecular complexity index is 345. The van der Waals surface area contributed by atoms with Gasteiger partial charge in [-0.2, -0.15) is 0 Å². The van der Waals surface area contributed by atoms with E-state index >= 15 is 0 Å². The van der Waals surface area contributed by atoms with E-state index in [1.54, 1.807) is 6.07 Å². The second-order valence-electron chi connectivity index (χ2n) is 2.76. The smallest absolute Gasteiger partial charge is 0.231 e. The third kappa shape index (κ3) is 0.893. The molecule has 1 aromatic carbocycles. The maximum atomic E-state index is 5.28. The summed E-state index contributed by atoms with van der Waals surface area (Å²) in [4.78, 5) is 0. The number of hydrogen-bond donors (Lipinski definition) is 0. The van der Waals surface area contributed by atoms with Gasteiger partial charge in [0.15, 0.2) is 23.0 Å². The van der Waals surface area contributed by atoms with Gasteiger partial charge in [-0.05, 0) is 0 Å². The number of benzene rings is 1. The van der Waals surface area contributed by atoms with Crippen LogP contribution in [0.1, 0.15) is 0 Å². The standard InChI is InChI=1S/C8H7O4P/c13-8-6-4(9-2-11-6)1-5-7(8)12-3-10-5/h1H,2-3,13H2. The van der Waals surface area contributed by atoms with E-state index in [9.17, 15) is 0 Å². The molecule has 1 unspecified atom stereocenters. The summed E-state index contributed by atoms with van der Waals surface area (Å²) in [6.45, 7) is 0.527. The minimum absolute atomic E-state index is 0.264. The lowest BCUT2D eigenvalue weighted by atomic mass is 10.3. The van der Waals surface area contributed by atoms with Crippen LogP contribution in [0.15, 0.2) is 6.07 Å². The number of hydrogen-bond acceptors (Lipinski definition) is 4. The van der Waals surface area contributed by atoms with Gasteiger partial charge in [0.1, 0.15) is 0 Å². The summed E-state index contributed by atoms with van der Waals surface area (Å²) in [6, 6.07) is 1.79. The fourth-order valence-electron chi connectivity index (χ4n) is 1.43. The molecular formula is C8H7O4P. The molecule has 3 rings (SSSR count). The van der Waals surface area contributed by atoms with Crippen molar-refractivity contribution in [2.75, 3.05) is 13.6 Å². The van der Waals surface area contributed by atoms with Crippen LogP contribution in [-0.2, 0) is 0 Å². The molecule has 4 nitrogen and oxygen atoms in total. The monoisotopic (exact) mass is 198 g/mol. The van der Waals surface area contributed by atoms with Crippen molar-refractivity contribution in [2.45, 2.75) is 0 Å². The first-order valence-corrected chi connectivity index (χ1v) is 4.41. The fraction of sp³-hybridized carbons (Fsp3) is 0.250. The van der Waals surface area contributed by atoms with Crippen molar-refractivity contribution in [3.63, 3.8) is 0 Å². The second kappa shape index (κ2) is 2.42. The van der Waals surface area contributed by atoms with Gasteiger partial charge in [0.2, 0.25) is 13.6 Å². The first-order valence-electron chi connectivity index (χ1n) is 3.84. The van der Waals surface area contributed by atoms with Gasteiger partial charge in [-0.25, -0.2) is 0 Å². The van der Waals surface area contributed by atoms with Crippen molar-refractivity contribution in [1.29, 1.82) is 0 Å². The van der Waals surface area contributed by atoms with Crippen LogP contribution in [0, 0.1) is 0 Å². The predicted molar refractivity (Wildman–Crippen MR) is 48.0 cm³/mol. The fourth-order valence-corrected chi connectivity index (χ4v) is 1.89. The summed E-state index contributed by atoms with van der Waals surface area (Å²) < 4.78 is 21.0. The summed E-state index contributed by atoms with van der Waals surface area (Å²) >= 11 is 0. The van der Waals surface area contributed by atoms with Gasteiger partial charge in [0.05, 0.1) is 5.30 Å². The van der Waals surface area contributed by atoms with Crippen LogP contribution < -0.4 is 24.3 Å². The van der Waals surface area contributed by atoms with Crippen LogP contribution in [0.2, 0.25) is 0 Å².